The molecule has 4 atom stereocenters. The normalized spacial score (nSPS) is 27.6. The van der Waals surface area contributed by atoms with Gasteiger partial charge in [-0.15, -0.1) is 0 Å². The molecule has 0 radical (unpaired) electrons. The number of hydrogen-bond acceptors (Lipinski definition) is 2. The van der Waals surface area contributed by atoms with E-state index in [9.17, 15) is 0 Å². The Labute approximate surface area is 113 Å². The van der Waals surface area contributed by atoms with Crippen molar-refractivity contribution in [3.63, 3.8) is 0 Å². The van der Waals surface area contributed by atoms with Crippen molar-refractivity contribution in [2.45, 2.75) is 65.1 Å². The molecule has 0 aliphatic heterocycles. The lowest BCUT2D eigenvalue weighted by Crippen LogP contribution is -2.37. The molecule has 0 aromatic rings. The number of ether oxygens (including phenoxy) is 2. The highest BCUT2D eigenvalue weighted by Crippen LogP contribution is 2.36. The Morgan fingerprint density at radius 1 is 1.22 bits per heavy atom. The molecule has 1 aliphatic carbocycles. The third-order valence-corrected chi connectivity index (χ3v) is 4.38. The predicted molar refractivity (Wildman–Crippen MR) is 76.8 cm³/mol. The van der Waals surface area contributed by atoms with Crippen LogP contribution in [0.25, 0.3) is 0 Å². The topological polar surface area (TPSA) is 18.5 Å². The van der Waals surface area contributed by atoms with E-state index in [1.165, 1.54) is 31.3 Å². The summed E-state index contributed by atoms with van der Waals surface area (Å²) < 4.78 is 11.3. The minimum absolute atomic E-state index is 0.307. The Morgan fingerprint density at radius 3 is 2.44 bits per heavy atom. The van der Waals surface area contributed by atoms with Gasteiger partial charge in [0.25, 0.3) is 0 Å². The second kappa shape index (κ2) is 7.96. The monoisotopic (exact) mass is 254 g/mol. The van der Waals surface area contributed by atoms with Crippen LogP contribution in [0, 0.1) is 11.8 Å². The lowest BCUT2D eigenvalue weighted by atomic mass is 9.74. The Balaban J connectivity index is 2.75. The Bertz CT molecular complexity index is 256. The second-order valence-electron chi connectivity index (χ2n) is 5.84. The first-order valence-electron chi connectivity index (χ1n) is 7.29. The van der Waals surface area contributed by atoms with Crippen LogP contribution in [0.4, 0.5) is 0 Å². The fourth-order valence-electron chi connectivity index (χ4n) is 3.17. The largest absolute Gasteiger partial charge is 0.381 e. The standard InChI is InChI=1S/C16H30O2/c1-12(2)10-11-14(13(3)17-4)15-8-6-7-9-16(15)18-5/h10,13-16H,6-9,11H2,1-5H3. The minimum Gasteiger partial charge on any atom is -0.381 e. The van der Waals surface area contributed by atoms with E-state index < -0.39 is 0 Å². The first kappa shape index (κ1) is 15.7. The minimum atomic E-state index is 0.307. The smallest absolute Gasteiger partial charge is 0.0603 e. The van der Waals surface area contributed by atoms with Gasteiger partial charge in [0, 0.05) is 14.2 Å². The van der Waals surface area contributed by atoms with Crippen molar-refractivity contribution >= 4 is 0 Å². The number of rotatable bonds is 6. The van der Waals surface area contributed by atoms with E-state index in [1.54, 1.807) is 0 Å². The van der Waals surface area contributed by atoms with Gasteiger partial charge in [0.1, 0.15) is 0 Å². The molecular weight excluding hydrogens is 224 g/mol. The van der Waals surface area contributed by atoms with Crippen LogP contribution in [-0.4, -0.2) is 26.4 Å². The first-order valence-corrected chi connectivity index (χ1v) is 7.29. The van der Waals surface area contributed by atoms with Crippen molar-refractivity contribution in [2.75, 3.05) is 14.2 Å². The van der Waals surface area contributed by atoms with Crippen LogP contribution in [0.1, 0.15) is 52.9 Å². The molecule has 0 amide bonds. The molecule has 2 nitrogen and oxygen atoms in total. The van der Waals surface area contributed by atoms with Crippen molar-refractivity contribution in [1.82, 2.24) is 0 Å². The van der Waals surface area contributed by atoms with Crippen LogP contribution in [-0.2, 0) is 9.47 Å². The van der Waals surface area contributed by atoms with Crippen LogP contribution in [0.2, 0.25) is 0 Å². The van der Waals surface area contributed by atoms with Gasteiger partial charge in [-0.1, -0.05) is 24.5 Å². The van der Waals surface area contributed by atoms with Crippen LogP contribution < -0.4 is 0 Å². The van der Waals surface area contributed by atoms with Crippen LogP contribution in [0.15, 0.2) is 11.6 Å². The number of hydrogen-bond donors (Lipinski definition) is 0. The van der Waals surface area contributed by atoms with Gasteiger partial charge >= 0.3 is 0 Å². The van der Waals surface area contributed by atoms with Crippen molar-refractivity contribution in [3.8, 4) is 0 Å². The van der Waals surface area contributed by atoms with E-state index in [0.29, 0.717) is 24.0 Å². The molecule has 1 fully saturated rings. The van der Waals surface area contributed by atoms with Gasteiger partial charge in [-0.25, -0.2) is 0 Å². The van der Waals surface area contributed by atoms with E-state index in [-0.39, 0.29) is 0 Å². The van der Waals surface area contributed by atoms with Gasteiger partial charge in [-0.2, -0.15) is 0 Å². The summed E-state index contributed by atoms with van der Waals surface area (Å²) in [5, 5.41) is 0. The summed E-state index contributed by atoms with van der Waals surface area (Å²) in [6, 6.07) is 0. The van der Waals surface area contributed by atoms with E-state index in [0.717, 1.165) is 6.42 Å². The summed E-state index contributed by atoms with van der Waals surface area (Å²) in [4.78, 5) is 0. The van der Waals surface area contributed by atoms with E-state index in [1.807, 2.05) is 14.2 Å². The second-order valence-corrected chi connectivity index (χ2v) is 5.84. The maximum atomic E-state index is 5.71. The fraction of sp³-hybridized carbons (Fsp3) is 0.875. The summed E-state index contributed by atoms with van der Waals surface area (Å²) in [6.45, 7) is 6.54. The van der Waals surface area contributed by atoms with Crippen molar-refractivity contribution in [2.24, 2.45) is 11.8 Å². The third kappa shape index (κ3) is 4.40. The zero-order valence-corrected chi connectivity index (χ0v) is 12.7. The molecule has 0 spiro atoms. The molecule has 1 saturated carbocycles. The van der Waals surface area contributed by atoms with Gasteiger partial charge in [0.05, 0.1) is 12.2 Å². The summed E-state index contributed by atoms with van der Waals surface area (Å²) in [5.74, 6) is 1.23. The molecule has 0 aromatic heterocycles. The average molecular weight is 254 g/mol. The maximum Gasteiger partial charge on any atom is 0.0603 e. The molecule has 1 rings (SSSR count). The molecule has 0 heterocycles. The van der Waals surface area contributed by atoms with Gasteiger partial charge in [0.2, 0.25) is 0 Å². The third-order valence-electron chi connectivity index (χ3n) is 4.38. The lowest BCUT2D eigenvalue weighted by molar-refractivity contribution is -0.0427. The highest BCUT2D eigenvalue weighted by atomic mass is 16.5. The van der Waals surface area contributed by atoms with Gasteiger partial charge in [0.15, 0.2) is 0 Å². The average Bonchev–Trinajstić information content (AvgIpc) is 2.38. The first-order chi connectivity index (χ1) is 8.60. The highest BCUT2D eigenvalue weighted by Gasteiger charge is 2.34. The SMILES string of the molecule is COC(C)C(CC=C(C)C)C1CCCCC1OC. The van der Waals surface area contributed by atoms with E-state index in [4.69, 9.17) is 9.47 Å². The van der Waals surface area contributed by atoms with E-state index in [2.05, 4.69) is 26.8 Å². The summed E-state index contributed by atoms with van der Waals surface area (Å²) in [5.41, 5.74) is 1.40. The molecule has 106 valence electrons. The summed E-state index contributed by atoms with van der Waals surface area (Å²) in [6.07, 6.45) is 9.34. The zero-order chi connectivity index (χ0) is 13.5. The van der Waals surface area contributed by atoms with Crippen LogP contribution in [0.3, 0.4) is 0 Å². The van der Waals surface area contributed by atoms with Gasteiger partial charge < -0.3 is 9.47 Å². The van der Waals surface area contributed by atoms with Crippen LogP contribution in [0.5, 0.6) is 0 Å². The Morgan fingerprint density at radius 2 is 1.89 bits per heavy atom. The van der Waals surface area contributed by atoms with Gasteiger partial charge in [-0.3, -0.25) is 0 Å². The van der Waals surface area contributed by atoms with Crippen LogP contribution >= 0.6 is 0 Å². The van der Waals surface area contributed by atoms with Gasteiger partial charge in [-0.05, 0) is 51.9 Å². The van der Waals surface area contributed by atoms with Crippen molar-refractivity contribution in [1.29, 1.82) is 0 Å². The quantitative estimate of drug-likeness (QED) is 0.661. The lowest BCUT2D eigenvalue weighted by Gasteiger charge is -2.38. The Hall–Kier alpha value is -0.340. The fourth-order valence-corrected chi connectivity index (χ4v) is 3.17. The molecular formula is C16H30O2. The molecule has 0 saturated heterocycles. The van der Waals surface area contributed by atoms with Crippen molar-refractivity contribution in [3.05, 3.63) is 11.6 Å². The van der Waals surface area contributed by atoms with Crippen molar-refractivity contribution < 1.29 is 9.47 Å². The molecule has 0 aromatic carbocycles. The molecule has 2 heteroatoms. The maximum absolute atomic E-state index is 5.71. The highest BCUT2D eigenvalue weighted by molar-refractivity contribution is 4.97. The molecule has 0 N–H and O–H groups in total. The zero-order valence-electron chi connectivity index (χ0n) is 12.7. The Kier molecular flexibility index (Phi) is 6.95. The molecule has 0 bridgehead atoms. The van der Waals surface area contributed by atoms with E-state index >= 15 is 0 Å². The molecule has 4 unspecified atom stereocenters. The number of allylic oxidation sites excluding steroid dienone is 2. The number of methoxy groups -OCH3 is 2. The molecule has 18 heavy (non-hydrogen) atoms. The predicted octanol–water partition coefficient (Wildman–Crippen LogP) is 4.20. The molecule has 1 aliphatic rings. The summed E-state index contributed by atoms with van der Waals surface area (Å²) >= 11 is 0. The summed E-state index contributed by atoms with van der Waals surface area (Å²) in [7, 11) is 3.68.